The summed E-state index contributed by atoms with van der Waals surface area (Å²) < 4.78 is 2.29. The lowest BCUT2D eigenvalue weighted by Crippen LogP contribution is -2.01. The number of fused-ring (bicyclic) bond motifs is 1. The molecule has 3 rings (SSSR count). The van der Waals surface area contributed by atoms with Crippen molar-refractivity contribution in [2.75, 3.05) is 0 Å². The Bertz CT molecular complexity index is 727. The Morgan fingerprint density at radius 2 is 2.00 bits per heavy atom. The van der Waals surface area contributed by atoms with E-state index in [9.17, 15) is 0 Å². The number of aromatic nitrogens is 3. The third kappa shape index (κ3) is 1.74. The number of aryl methyl sites for hydroxylation is 1. The molecule has 3 aromatic rings. The minimum absolute atomic E-state index is 0.490. The third-order valence-corrected chi connectivity index (χ3v) is 3.23. The van der Waals surface area contributed by atoms with Crippen LogP contribution in [0, 0.1) is 12.3 Å². The van der Waals surface area contributed by atoms with Crippen LogP contribution in [0.5, 0.6) is 0 Å². The predicted octanol–water partition coefficient (Wildman–Crippen LogP) is 2.25. The second kappa shape index (κ2) is 3.78. The lowest BCUT2D eigenvalue weighted by atomic mass is 10.1. The fourth-order valence-electron chi connectivity index (χ4n) is 1.75. The normalized spacial score (nSPS) is 10.9. The first kappa shape index (κ1) is 10.2. The van der Waals surface area contributed by atoms with Gasteiger partial charge < -0.3 is 0 Å². The molecule has 17 heavy (non-hydrogen) atoms. The van der Waals surface area contributed by atoms with E-state index in [-0.39, 0.29) is 0 Å². The number of rotatable bonds is 1. The highest BCUT2D eigenvalue weighted by molar-refractivity contribution is 7.14. The number of hydrogen-bond donors (Lipinski definition) is 1. The lowest BCUT2D eigenvalue weighted by molar-refractivity contribution is 0.941. The topological polar surface area (TPSA) is 54.0 Å². The first-order valence-electron chi connectivity index (χ1n) is 5.21. The van der Waals surface area contributed by atoms with Crippen LogP contribution in [-0.4, -0.2) is 14.6 Å². The first-order valence-corrected chi connectivity index (χ1v) is 6.03. The molecule has 0 saturated heterocycles. The highest BCUT2D eigenvalue weighted by Crippen LogP contribution is 2.19. The molecule has 0 aliphatic heterocycles. The molecule has 84 valence electrons. The zero-order chi connectivity index (χ0) is 11.8. The molecular formula is C12H10N4S. The Labute approximate surface area is 102 Å². The number of benzene rings is 1. The van der Waals surface area contributed by atoms with E-state index in [1.807, 2.05) is 43.3 Å². The van der Waals surface area contributed by atoms with Crippen LogP contribution in [-0.2, 0) is 0 Å². The highest BCUT2D eigenvalue weighted by Gasteiger charge is 2.07. The maximum absolute atomic E-state index is 7.81. The molecule has 2 heterocycles. The van der Waals surface area contributed by atoms with Crippen molar-refractivity contribution in [2.45, 2.75) is 6.92 Å². The molecule has 0 aliphatic rings. The van der Waals surface area contributed by atoms with Crippen molar-refractivity contribution in [1.29, 1.82) is 5.41 Å². The van der Waals surface area contributed by atoms with Crippen molar-refractivity contribution in [2.24, 2.45) is 0 Å². The van der Waals surface area contributed by atoms with E-state index in [0.717, 1.165) is 22.0 Å². The molecule has 0 atom stereocenters. The predicted molar refractivity (Wildman–Crippen MR) is 66.9 cm³/mol. The van der Waals surface area contributed by atoms with Crippen LogP contribution in [0.2, 0.25) is 0 Å². The molecule has 0 saturated carbocycles. The maximum Gasteiger partial charge on any atom is 0.214 e. The lowest BCUT2D eigenvalue weighted by Gasteiger charge is -2.02. The fourth-order valence-corrected chi connectivity index (χ4v) is 2.52. The van der Waals surface area contributed by atoms with Crippen molar-refractivity contribution in [1.82, 2.24) is 14.6 Å². The molecule has 0 fully saturated rings. The maximum atomic E-state index is 7.81. The van der Waals surface area contributed by atoms with Crippen molar-refractivity contribution < 1.29 is 0 Å². The summed E-state index contributed by atoms with van der Waals surface area (Å²) in [6, 6.07) is 11.8. The van der Waals surface area contributed by atoms with Gasteiger partial charge in [-0.3, -0.25) is 5.41 Å². The zero-order valence-corrected chi connectivity index (χ0v) is 10.0. The molecule has 5 heteroatoms. The van der Waals surface area contributed by atoms with Gasteiger partial charge in [-0.25, -0.2) is 9.50 Å². The number of nitrogens with zero attached hydrogens (tertiary/aromatic N) is 3. The van der Waals surface area contributed by atoms with Gasteiger partial charge >= 0.3 is 0 Å². The van der Waals surface area contributed by atoms with E-state index in [2.05, 4.69) is 10.1 Å². The van der Waals surface area contributed by atoms with Gasteiger partial charge in [-0.15, -0.1) is 0 Å². The monoisotopic (exact) mass is 242 g/mol. The largest absolute Gasteiger partial charge is 0.290 e. The second-order valence-corrected chi connectivity index (χ2v) is 4.72. The molecule has 0 amide bonds. The smallest absolute Gasteiger partial charge is 0.214 e. The summed E-state index contributed by atoms with van der Waals surface area (Å²) >= 11 is 1.33. The van der Waals surface area contributed by atoms with E-state index in [1.54, 1.807) is 4.52 Å². The zero-order valence-electron chi connectivity index (χ0n) is 9.21. The molecular weight excluding hydrogens is 232 g/mol. The molecule has 0 aliphatic carbocycles. The Kier molecular flexibility index (Phi) is 2.26. The minimum atomic E-state index is 0.490. The Morgan fingerprint density at radius 1 is 1.24 bits per heavy atom. The molecule has 1 N–H and O–H groups in total. The van der Waals surface area contributed by atoms with Crippen LogP contribution in [0.25, 0.3) is 16.2 Å². The van der Waals surface area contributed by atoms with Gasteiger partial charge in [-0.1, -0.05) is 41.7 Å². The molecule has 2 aromatic heterocycles. The molecule has 0 spiro atoms. The first-order chi connectivity index (χ1) is 8.24. The van der Waals surface area contributed by atoms with E-state index < -0.39 is 0 Å². The van der Waals surface area contributed by atoms with Crippen molar-refractivity contribution in [3.05, 3.63) is 46.9 Å². The molecule has 4 nitrogen and oxygen atoms in total. The van der Waals surface area contributed by atoms with Gasteiger partial charge in [0.2, 0.25) is 4.96 Å². The highest BCUT2D eigenvalue weighted by atomic mass is 32.1. The summed E-state index contributed by atoms with van der Waals surface area (Å²) in [5.74, 6) is 0.726. The summed E-state index contributed by atoms with van der Waals surface area (Å²) in [4.78, 5) is 5.07. The summed E-state index contributed by atoms with van der Waals surface area (Å²) in [6.07, 6.45) is 0. The van der Waals surface area contributed by atoms with Gasteiger partial charge in [0, 0.05) is 5.56 Å². The summed E-state index contributed by atoms with van der Waals surface area (Å²) in [5.41, 5.74) is 1.95. The van der Waals surface area contributed by atoms with Crippen LogP contribution in [0.1, 0.15) is 5.82 Å². The Hall–Kier alpha value is -2.01. The summed E-state index contributed by atoms with van der Waals surface area (Å²) in [7, 11) is 0. The van der Waals surface area contributed by atoms with E-state index in [1.165, 1.54) is 11.3 Å². The average Bonchev–Trinajstić information content (AvgIpc) is 2.69. The van der Waals surface area contributed by atoms with Crippen LogP contribution in [0.15, 0.2) is 36.4 Å². The van der Waals surface area contributed by atoms with E-state index in [0.29, 0.717) is 4.67 Å². The van der Waals surface area contributed by atoms with E-state index >= 15 is 0 Å². The van der Waals surface area contributed by atoms with Crippen molar-refractivity contribution >= 4 is 16.3 Å². The third-order valence-electron chi connectivity index (χ3n) is 2.45. The van der Waals surface area contributed by atoms with Crippen molar-refractivity contribution in [3.63, 3.8) is 0 Å². The molecule has 1 aromatic carbocycles. The van der Waals surface area contributed by atoms with Gasteiger partial charge in [0.25, 0.3) is 0 Å². The Balaban J connectivity index is 2.39. The van der Waals surface area contributed by atoms with Crippen molar-refractivity contribution in [3.8, 4) is 11.3 Å². The van der Waals surface area contributed by atoms with Crippen LogP contribution < -0.4 is 4.67 Å². The van der Waals surface area contributed by atoms with Gasteiger partial charge in [0.1, 0.15) is 10.5 Å². The van der Waals surface area contributed by atoms with Crippen LogP contribution in [0.3, 0.4) is 0 Å². The Morgan fingerprint density at radius 3 is 2.76 bits per heavy atom. The number of hydrogen-bond acceptors (Lipinski definition) is 4. The standard InChI is InChI=1S/C12H10N4S/c1-8-14-12-16(15-8)10(7-11(13)17-12)9-5-3-2-4-6-9/h2-7,13H,1H3. The van der Waals surface area contributed by atoms with Gasteiger partial charge in [0.15, 0.2) is 0 Å². The van der Waals surface area contributed by atoms with Gasteiger partial charge in [-0.2, -0.15) is 5.10 Å². The second-order valence-electron chi connectivity index (χ2n) is 3.72. The summed E-state index contributed by atoms with van der Waals surface area (Å²) in [6.45, 7) is 1.86. The van der Waals surface area contributed by atoms with Crippen LogP contribution >= 0.6 is 11.3 Å². The average molecular weight is 242 g/mol. The molecule has 0 bridgehead atoms. The molecule has 0 radical (unpaired) electrons. The van der Waals surface area contributed by atoms with Gasteiger partial charge in [-0.05, 0) is 13.0 Å². The summed E-state index contributed by atoms with van der Waals surface area (Å²) in [5, 5.41) is 12.2. The fraction of sp³-hybridized carbons (Fsp3) is 0.0833. The quantitative estimate of drug-likeness (QED) is 0.711. The number of nitrogens with one attached hydrogen (secondary N) is 1. The SMILES string of the molecule is Cc1nc2sc(=N)cc(-c3ccccc3)n2n1. The molecule has 0 unspecified atom stereocenters. The van der Waals surface area contributed by atoms with Crippen LogP contribution in [0.4, 0.5) is 0 Å². The van der Waals surface area contributed by atoms with E-state index in [4.69, 9.17) is 5.41 Å². The minimum Gasteiger partial charge on any atom is -0.290 e. The van der Waals surface area contributed by atoms with Gasteiger partial charge in [0.05, 0.1) is 5.69 Å².